The van der Waals surface area contributed by atoms with E-state index in [1.807, 2.05) is 0 Å². The fraction of sp³-hybridized carbons (Fsp3) is 1.00. The first-order valence-electron chi connectivity index (χ1n) is 1.22. The van der Waals surface area contributed by atoms with Gasteiger partial charge in [0.05, 0.1) is 0 Å². The molecule has 0 amide bonds. The van der Waals surface area contributed by atoms with E-state index in [-0.39, 0.29) is 0 Å². The van der Waals surface area contributed by atoms with Crippen molar-refractivity contribution in [2.24, 2.45) is 0 Å². The molecule has 0 nitrogen and oxygen atoms in total. The molecule has 0 aliphatic carbocycles. The molecule has 0 saturated carbocycles. The molecule has 0 N–H and O–H groups in total. The van der Waals surface area contributed by atoms with Gasteiger partial charge >= 0.3 is 40.6 Å². The van der Waals surface area contributed by atoms with Crippen molar-refractivity contribution in [3.05, 3.63) is 0 Å². The Morgan fingerprint density at radius 1 is 2.00 bits per heavy atom. The van der Waals surface area contributed by atoms with Gasteiger partial charge in [-0.05, 0) is 0 Å². The average Bonchev–Trinajstić information content (AvgIpc) is 1.37. The summed E-state index contributed by atoms with van der Waals surface area (Å²) in [5, 5.41) is 1.39. The Morgan fingerprint density at radius 2 is 2.25 bits per heavy atom. The Kier molecular flexibility index (Phi) is 5.27. The van der Waals surface area contributed by atoms with E-state index >= 15 is 0 Å². The fourth-order valence-electron chi connectivity index (χ4n) is 0. The molecule has 3 radical (unpaired) electrons. The Morgan fingerprint density at radius 3 is 2.25 bits per heavy atom. The van der Waals surface area contributed by atoms with Crippen LogP contribution < -0.4 is 0 Å². The van der Waals surface area contributed by atoms with E-state index in [0.717, 1.165) is 0 Å². The van der Waals surface area contributed by atoms with E-state index in [1.165, 1.54) is 5.21 Å². The summed E-state index contributed by atoms with van der Waals surface area (Å²) in [6.07, 6.45) is 0. The Hall–Kier alpha value is 1.12. The predicted molar refractivity (Wildman–Crippen MR) is 22.0 cm³/mol. The minimum absolute atomic E-state index is 0.653. The van der Waals surface area contributed by atoms with E-state index in [4.69, 9.17) is 0 Å². The normalized spacial score (nSPS) is 10.5. The van der Waals surface area contributed by atoms with Crippen LogP contribution in [-0.4, -0.2) is 28.5 Å². The maximum absolute atomic E-state index is 2.63. The van der Waals surface area contributed by atoms with E-state index in [1.54, 1.807) is 0 Å². The van der Waals surface area contributed by atoms with Crippen molar-refractivity contribution in [1.82, 2.24) is 0 Å². The summed E-state index contributed by atoms with van der Waals surface area (Å²) in [5.74, 6) is 0. The average molecular weight is 179 g/mol. The summed E-state index contributed by atoms with van der Waals surface area (Å²) >= 11 is 3.28. The van der Waals surface area contributed by atoms with E-state index in [9.17, 15) is 0 Å². The fourth-order valence-corrected chi connectivity index (χ4v) is 0. The zero-order valence-electron chi connectivity index (χ0n) is 2.60. The van der Waals surface area contributed by atoms with Gasteiger partial charge in [-0.2, -0.15) is 0 Å². The second-order valence-corrected chi connectivity index (χ2v) is 5.46. The molecule has 0 spiro atoms. The first-order chi connectivity index (χ1) is 1.91. The van der Waals surface area contributed by atoms with Crippen molar-refractivity contribution >= 4 is 28.5 Å². The van der Waals surface area contributed by atoms with Gasteiger partial charge in [0.2, 0.25) is 0 Å². The van der Waals surface area contributed by atoms with Crippen LogP contribution in [0.2, 0.25) is 5.21 Å². The molecule has 0 aromatic carbocycles. The Labute approximate surface area is 40.8 Å². The molecule has 0 unspecified atom stereocenters. The molecule has 0 aliphatic heterocycles. The van der Waals surface area contributed by atoms with E-state index in [2.05, 4.69) is 21.7 Å². The molecule has 0 heterocycles. The van der Waals surface area contributed by atoms with Crippen molar-refractivity contribution < 1.29 is 0 Å². The van der Waals surface area contributed by atoms with Crippen LogP contribution in [0.15, 0.2) is 0 Å². The van der Waals surface area contributed by atoms with Crippen molar-refractivity contribution in [2.45, 2.75) is 12.1 Å². The molecule has 0 saturated heterocycles. The van der Waals surface area contributed by atoms with Gasteiger partial charge < -0.3 is 0 Å². The van der Waals surface area contributed by atoms with Crippen LogP contribution in [0.4, 0.5) is 0 Å². The first kappa shape index (κ1) is 5.12. The topological polar surface area (TPSA) is 0 Å². The molecule has 0 aromatic heterocycles. The van der Waals surface area contributed by atoms with Gasteiger partial charge in [-0.3, -0.25) is 0 Å². The number of rotatable bonds is 1. The zero-order valence-corrected chi connectivity index (χ0v) is 6.35. The van der Waals surface area contributed by atoms with Crippen LogP contribution >= 0.6 is 0 Å². The van der Waals surface area contributed by atoms with Gasteiger partial charge in [0.15, 0.2) is 0 Å². The second kappa shape index (κ2) is 4.12. The molecule has 2 heteroatoms. The third-order valence-corrected chi connectivity index (χ3v) is 3.82. The van der Waals surface area contributed by atoms with Gasteiger partial charge in [0, 0.05) is 0 Å². The molecule has 0 fully saturated rings. The molecule has 0 aromatic rings. The third kappa shape index (κ3) is 3.12. The summed E-state index contributed by atoms with van der Waals surface area (Å²) in [4.78, 5) is 0. The quantitative estimate of drug-likeness (QED) is 0.504. The monoisotopic (exact) mass is 179 g/mol. The summed E-state index contributed by atoms with van der Waals surface area (Å²) in [6, 6.07) is 0. The summed E-state index contributed by atoms with van der Waals surface area (Å²) < 4.78 is 0. The Bertz CT molecular complexity index is 6.00. The standard InChI is InChI=1S/C2H5As2/c1-2-4-3/h2H2,1H3. The van der Waals surface area contributed by atoms with Gasteiger partial charge in [-0.25, -0.2) is 0 Å². The molecular formula is C2H5As2. The van der Waals surface area contributed by atoms with Gasteiger partial charge in [-0.15, -0.1) is 0 Å². The molecule has 0 bridgehead atoms. The zero-order chi connectivity index (χ0) is 3.41. The van der Waals surface area contributed by atoms with Crippen molar-refractivity contribution in [3.8, 4) is 0 Å². The second-order valence-electron chi connectivity index (χ2n) is 0.458. The third-order valence-electron chi connectivity index (χ3n) is 0.141. The summed E-state index contributed by atoms with van der Waals surface area (Å²) in [7, 11) is 0. The van der Waals surface area contributed by atoms with Crippen LogP contribution in [0.25, 0.3) is 0 Å². The SMILES string of the molecule is CC[As][As]. The molecule has 4 heavy (non-hydrogen) atoms. The van der Waals surface area contributed by atoms with Crippen LogP contribution in [-0.2, 0) is 0 Å². The summed E-state index contributed by atoms with van der Waals surface area (Å²) in [5.41, 5.74) is 0. The molecule has 0 atom stereocenters. The van der Waals surface area contributed by atoms with Crippen LogP contribution in [0, 0.1) is 0 Å². The molecular weight excluding hydrogens is 174 g/mol. The van der Waals surface area contributed by atoms with Crippen LogP contribution in [0.1, 0.15) is 6.92 Å². The maximum atomic E-state index is 2.63. The van der Waals surface area contributed by atoms with Gasteiger partial charge in [-0.1, -0.05) is 0 Å². The van der Waals surface area contributed by atoms with E-state index in [0.29, 0.717) is 13.7 Å². The molecule has 0 aliphatic rings. The number of hydrogen-bond acceptors (Lipinski definition) is 0. The van der Waals surface area contributed by atoms with Crippen molar-refractivity contribution in [2.75, 3.05) is 0 Å². The van der Waals surface area contributed by atoms with E-state index < -0.39 is 0 Å². The number of hydrogen-bond donors (Lipinski definition) is 0. The van der Waals surface area contributed by atoms with Crippen LogP contribution in [0.5, 0.6) is 0 Å². The molecule has 23 valence electrons. The van der Waals surface area contributed by atoms with Gasteiger partial charge in [0.25, 0.3) is 0 Å². The first-order valence-corrected chi connectivity index (χ1v) is 7.75. The van der Waals surface area contributed by atoms with Crippen molar-refractivity contribution in [3.63, 3.8) is 0 Å². The summed E-state index contributed by atoms with van der Waals surface area (Å²) in [6.45, 7) is 2.21. The Balaban J connectivity index is 1.97. The van der Waals surface area contributed by atoms with Gasteiger partial charge in [0.1, 0.15) is 0 Å². The minimum atomic E-state index is 0.653. The van der Waals surface area contributed by atoms with Crippen LogP contribution in [0.3, 0.4) is 0 Å². The van der Waals surface area contributed by atoms with Crippen molar-refractivity contribution in [1.29, 1.82) is 0 Å². The predicted octanol–water partition coefficient (Wildman–Crippen LogP) is 0.212. The molecule has 0 rings (SSSR count).